The van der Waals surface area contributed by atoms with Crippen molar-refractivity contribution < 1.29 is 17.9 Å². The van der Waals surface area contributed by atoms with Crippen LogP contribution in [0.1, 0.15) is 57.9 Å². The van der Waals surface area contributed by atoms with Crippen LogP contribution < -0.4 is 0 Å². The number of benzene rings is 2. The zero-order chi connectivity index (χ0) is 25.3. The van der Waals surface area contributed by atoms with Crippen molar-refractivity contribution in [3.63, 3.8) is 0 Å². The summed E-state index contributed by atoms with van der Waals surface area (Å²) >= 11 is 0. The molecule has 2 heterocycles. The Hall–Kier alpha value is -3.16. The van der Waals surface area contributed by atoms with E-state index < -0.39 is 11.6 Å². The van der Waals surface area contributed by atoms with Gasteiger partial charge in [-0.15, -0.1) is 10.2 Å². The number of nitrogens with zero attached hydrogens (tertiary/aromatic N) is 3. The number of aromatic nitrogens is 2. The second-order valence-corrected chi connectivity index (χ2v) is 10.1. The molecule has 1 aliphatic carbocycles. The highest BCUT2D eigenvalue weighted by atomic mass is 19.2. The fraction of sp³-hybridized carbons (Fsp3) is 0.379. The molecule has 1 saturated heterocycles. The summed E-state index contributed by atoms with van der Waals surface area (Å²) < 4.78 is 39.2. The van der Waals surface area contributed by atoms with Crippen LogP contribution in [-0.4, -0.2) is 33.0 Å². The van der Waals surface area contributed by atoms with Crippen LogP contribution in [0.3, 0.4) is 0 Å². The van der Waals surface area contributed by atoms with E-state index >= 15 is 0 Å². The second kappa shape index (κ2) is 9.71. The maximum absolute atomic E-state index is 13.7. The minimum Gasteiger partial charge on any atom is -0.416 e. The van der Waals surface area contributed by atoms with Crippen LogP contribution >= 0.6 is 0 Å². The lowest BCUT2D eigenvalue weighted by Crippen LogP contribution is -2.53. The standard InChI is InChI=1S/C29H31F2N3O2/c1-4-22(26-32-33-27(36-26)23-12-13-24(30)25(31)16-23)15-21-11-8-14-29(17-21)19-35-28(2,3)34(29)18-20-9-6-5-7-10-20/h4-7,9-10,12-13,15-16H,8,11,14,17-19H2,1-3H3/b21-15+,22-4+/t29-/m0/s1. The number of rotatable bonds is 5. The Balaban J connectivity index is 1.39. The van der Waals surface area contributed by atoms with Crippen LogP contribution in [0, 0.1) is 11.6 Å². The first-order valence-corrected chi connectivity index (χ1v) is 12.4. The molecule has 2 fully saturated rings. The van der Waals surface area contributed by atoms with E-state index in [-0.39, 0.29) is 17.2 Å². The summed E-state index contributed by atoms with van der Waals surface area (Å²) in [6.07, 6.45) is 8.10. The highest BCUT2D eigenvalue weighted by Crippen LogP contribution is 2.47. The molecular weight excluding hydrogens is 460 g/mol. The Labute approximate surface area is 210 Å². The molecule has 1 aliphatic heterocycles. The van der Waals surface area contributed by atoms with Gasteiger partial charge >= 0.3 is 0 Å². The molecule has 5 rings (SSSR count). The highest BCUT2D eigenvalue weighted by Gasteiger charge is 2.52. The van der Waals surface area contributed by atoms with Crippen molar-refractivity contribution in [2.75, 3.05) is 6.61 Å². The predicted molar refractivity (Wildman–Crippen MR) is 135 cm³/mol. The smallest absolute Gasteiger partial charge is 0.248 e. The minimum absolute atomic E-state index is 0.0755. The molecule has 2 aromatic carbocycles. The Morgan fingerprint density at radius 2 is 1.89 bits per heavy atom. The molecule has 0 radical (unpaired) electrons. The van der Waals surface area contributed by atoms with E-state index in [0.29, 0.717) is 18.1 Å². The van der Waals surface area contributed by atoms with Crippen molar-refractivity contribution in [2.24, 2.45) is 0 Å². The number of allylic oxidation sites excluding steroid dienone is 3. The van der Waals surface area contributed by atoms with Gasteiger partial charge in [0.05, 0.1) is 12.1 Å². The van der Waals surface area contributed by atoms with Gasteiger partial charge in [-0.05, 0) is 70.2 Å². The second-order valence-electron chi connectivity index (χ2n) is 10.1. The van der Waals surface area contributed by atoms with E-state index in [4.69, 9.17) is 9.15 Å². The van der Waals surface area contributed by atoms with E-state index in [1.165, 1.54) is 17.2 Å². The van der Waals surface area contributed by atoms with Gasteiger partial charge in [0.2, 0.25) is 11.8 Å². The molecule has 0 amide bonds. The first-order valence-electron chi connectivity index (χ1n) is 12.4. The van der Waals surface area contributed by atoms with Crippen molar-refractivity contribution in [1.29, 1.82) is 0 Å². The summed E-state index contributed by atoms with van der Waals surface area (Å²) in [5.41, 5.74) is 3.31. The van der Waals surface area contributed by atoms with Crippen LogP contribution in [0.15, 0.2) is 70.7 Å². The van der Waals surface area contributed by atoms with Crippen LogP contribution in [0.4, 0.5) is 8.78 Å². The topological polar surface area (TPSA) is 51.4 Å². The molecule has 36 heavy (non-hydrogen) atoms. The Morgan fingerprint density at radius 3 is 2.64 bits per heavy atom. The predicted octanol–water partition coefficient (Wildman–Crippen LogP) is 6.93. The average molecular weight is 492 g/mol. The SMILES string of the molecule is C/C=C(\C=C1/CCC[C@@]2(COC(C)(C)N2Cc2ccccc2)C1)c1nnc(-c2ccc(F)c(F)c2)o1. The van der Waals surface area contributed by atoms with Crippen molar-refractivity contribution in [1.82, 2.24) is 15.1 Å². The minimum atomic E-state index is -0.949. The molecule has 188 valence electrons. The molecule has 2 aliphatic rings. The Morgan fingerprint density at radius 1 is 1.08 bits per heavy atom. The molecule has 7 heteroatoms. The van der Waals surface area contributed by atoms with Gasteiger partial charge in [0.15, 0.2) is 11.6 Å². The van der Waals surface area contributed by atoms with E-state index in [9.17, 15) is 8.78 Å². The van der Waals surface area contributed by atoms with Gasteiger partial charge in [0.1, 0.15) is 5.72 Å². The third-order valence-electron chi connectivity index (χ3n) is 7.31. The summed E-state index contributed by atoms with van der Waals surface area (Å²) in [5, 5.41) is 8.25. The summed E-state index contributed by atoms with van der Waals surface area (Å²) in [6.45, 7) is 7.75. The van der Waals surface area contributed by atoms with Crippen LogP contribution in [0.2, 0.25) is 0 Å². The quantitative estimate of drug-likeness (QED) is 0.388. The largest absolute Gasteiger partial charge is 0.416 e. The average Bonchev–Trinajstić information content (AvgIpc) is 3.45. The lowest BCUT2D eigenvalue weighted by molar-refractivity contribution is -0.0679. The zero-order valence-corrected chi connectivity index (χ0v) is 20.9. The van der Waals surface area contributed by atoms with E-state index in [0.717, 1.165) is 49.9 Å². The van der Waals surface area contributed by atoms with Gasteiger partial charge < -0.3 is 9.15 Å². The maximum Gasteiger partial charge on any atom is 0.248 e. The van der Waals surface area contributed by atoms with Crippen molar-refractivity contribution in [2.45, 2.75) is 64.3 Å². The molecular formula is C29H31F2N3O2. The molecule has 5 nitrogen and oxygen atoms in total. The Kier molecular flexibility index (Phi) is 6.62. The molecule has 0 N–H and O–H groups in total. The van der Waals surface area contributed by atoms with Gasteiger partial charge in [0.25, 0.3) is 0 Å². The number of halogens is 2. The maximum atomic E-state index is 13.7. The van der Waals surface area contributed by atoms with E-state index in [1.807, 2.05) is 19.1 Å². The van der Waals surface area contributed by atoms with Gasteiger partial charge in [-0.25, -0.2) is 8.78 Å². The van der Waals surface area contributed by atoms with Crippen molar-refractivity contribution >= 4 is 5.57 Å². The number of ether oxygens (including phenoxy) is 1. The van der Waals surface area contributed by atoms with Gasteiger partial charge in [0, 0.05) is 17.7 Å². The zero-order valence-electron chi connectivity index (χ0n) is 20.9. The monoisotopic (exact) mass is 491 g/mol. The molecule has 1 aromatic heterocycles. The fourth-order valence-corrected chi connectivity index (χ4v) is 5.46. The Bertz CT molecular complexity index is 1300. The number of hydrogen-bond donors (Lipinski definition) is 0. The van der Waals surface area contributed by atoms with Gasteiger partial charge in [-0.1, -0.05) is 48.1 Å². The third-order valence-corrected chi connectivity index (χ3v) is 7.31. The molecule has 0 bridgehead atoms. The highest BCUT2D eigenvalue weighted by molar-refractivity contribution is 5.70. The first kappa shape index (κ1) is 24.5. The van der Waals surface area contributed by atoms with Crippen LogP contribution in [0.25, 0.3) is 17.0 Å². The fourth-order valence-electron chi connectivity index (χ4n) is 5.46. The molecule has 1 atom stereocenters. The van der Waals surface area contributed by atoms with Crippen molar-refractivity contribution in [3.8, 4) is 11.5 Å². The number of hydrogen-bond acceptors (Lipinski definition) is 5. The summed E-state index contributed by atoms with van der Waals surface area (Å²) in [4.78, 5) is 2.52. The van der Waals surface area contributed by atoms with Crippen LogP contribution in [-0.2, 0) is 11.3 Å². The van der Waals surface area contributed by atoms with Crippen LogP contribution in [0.5, 0.6) is 0 Å². The molecule has 1 spiro atoms. The summed E-state index contributed by atoms with van der Waals surface area (Å²) in [5.74, 6) is -1.35. The normalized spacial score (nSPS) is 23.6. The van der Waals surface area contributed by atoms with Gasteiger partial charge in [-0.3, -0.25) is 4.90 Å². The van der Waals surface area contributed by atoms with E-state index in [1.54, 1.807) is 0 Å². The van der Waals surface area contributed by atoms with Gasteiger partial charge in [-0.2, -0.15) is 0 Å². The lowest BCUT2D eigenvalue weighted by atomic mass is 9.77. The summed E-state index contributed by atoms with van der Waals surface area (Å²) in [6, 6.07) is 14.1. The first-order chi connectivity index (χ1) is 17.3. The molecule has 0 unspecified atom stereocenters. The third kappa shape index (κ3) is 4.77. The van der Waals surface area contributed by atoms with Crippen molar-refractivity contribution in [3.05, 3.63) is 89.3 Å². The summed E-state index contributed by atoms with van der Waals surface area (Å²) in [7, 11) is 0. The molecule has 3 aromatic rings. The van der Waals surface area contributed by atoms with E-state index in [2.05, 4.69) is 59.3 Å². The molecule has 1 saturated carbocycles. The lowest BCUT2D eigenvalue weighted by Gasteiger charge is -2.45.